The first-order chi connectivity index (χ1) is 7.27. The van der Waals surface area contributed by atoms with E-state index in [0.717, 1.165) is 24.9 Å². The van der Waals surface area contributed by atoms with Gasteiger partial charge in [0.05, 0.1) is 5.69 Å². The lowest BCUT2D eigenvalue weighted by Gasteiger charge is -2.16. The maximum Gasteiger partial charge on any atom is 0.149 e. The summed E-state index contributed by atoms with van der Waals surface area (Å²) in [5.74, 6) is 0.793. The van der Waals surface area contributed by atoms with E-state index >= 15 is 0 Å². The number of pyridine rings is 1. The molecule has 82 valence electrons. The van der Waals surface area contributed by atoms with Crippen molar-refractivity contribution in [3.8, 4) is 0 Å². The average Bonchev–Trinajstić information content (AvgIpc) is 3.04. The molecule has 1 saturated carbocycles. The molecule has 0 bridgehead atoms. The molecule has 0 atom stereocenters. The number of nitrogens with one attached hydrogen (secondary N) is 1. The Hall–Kier alpha value is -1.29. The van der Waals surface area contributed by atoms with Gasteiger partial charge in [0.25, 0.3) is 0 Å². The lowest BCUT2D eigenvalue weighted by Crippen LogP contribution is -2.27. The summed E-state index contributed by atoms with van der Waals surface area (Å²) in [7, 11) is 2.17. The molecule has 3 N–H and O–H groups in total. The third-order valence-corrected chi connectivity index (χ3v) is 2.77. The van der Waals surface area contributed by atoms with E-state index in [9.17, 15) is 0 Å². The molecule has 0 spiro atoms. The highest BCUT2D eigenvalue weighted by molar-refractivity contribution is 5.60. The maximum absolute atomic E-state index is 5.77. The van der Waals surface area contributed by atoms with E-state index in [0.29, 0.717) is 5.69 Å². The van der Waals surface area contributed by atoms with Gasteiger partial charge >= 0.3 is 0 Å². The molecule has 4 nitrogen and oxygen atoms in total. The molecule has 0 radical (unpaired) electrons. The predicted molar refractivity (Wildman–Crippen MR) is 62.8 cm³/mol. The van der Waals surface area contributed by atoms with E-state index in [4.69, 9.17) is 5.73 Å². The number of hydrogen-bond donors (Lipinski definition) is 2. The van der Waals surface area contributed by atoms with Crippen molar-refractivity contribution in [2.75, 3.05) is 31.2 Å². The maximum atomic E-state index is 5.77. The summed E-state index contributed by atoms with van der Waals surface area (Å²) in [6.07, 6.45) is 4.45. The van der Waals surface area contributed by atoms with E-state index in [1.165, 1.54) is 12.8 Å². The lowest BCUT2D eigenvalue weighted by atomic mass is 10.4. The minimum atomic E-state index is 0.714. The Morgan fingerprint density at radius 2 is 2.40 bits per heavy atom. The Bertz CT molecular complexity index is 322. The van der Waals surface area contributed by atoms with Crippen molar-refractivity contribution in [2.24, 2.45) is 0 Å². The van der Waals surface area contributed by atoms with Crippen molar-refractivity contribution in [1.29, 1.82) is 0 Å². The van der Waals surface area contributed by atoms with Crippen molar-refractivity contribution in [1.82, 2.24) is 9.88 Å². The highest BCUT2D eigenvalue weighted by Gasteiger charge is 2.25. The normalized spacial score (nSPS) is 15.6. The first-order valence-corrected chi connectivity index (χ1v) is 5.42. The summed E-state index contributed by atoms with van der Waals surface area (Å²) in [5, 5.41) is 3.25. The predicted octanol–water partition coefficient (Wildman–Crippen LogP) is 1.17. The van der Waals surface area contributed by atoms with E-state index in [1.54, 1.807) is 6.20 Å². The fourth-order valence-corrected chi connectivity index (χ4v) is 1.61. The second-order valence-corrected chi connectivity index (χ2v) is 4.08. The van der Waals surface area contributed by atoms with Crippen molar-refractivity contribution in [2.45, 2.75) is 18.9 Å². The van der Waals surface area contributed by atoms with Crippen LogP contribution in [0.25, 0.3) is 0 Å². The molecule has 0 unspecified atom stereocenters. The minimum absolute atomic E-state index is 0.714. The van der Waals surface area contributed by atoms with Crippen LogP contribution in [0, 0.1) is 0 Å². The molecule has 1 aromatic rings. The molecule has 0 aliphatic heterocycles. The molecule has 1 heterocycles. The molecular formula is C11H18N4. The standard InChI is InChI=1S/C11H18N4/c1-15(9-4-5-9)8-7-14-11-10(12)3-2-6-13-11/h2-3,6,9H,4-5,7-8,12H2,1H3,(H,13,14). The van der Waals surface area contributed by atoms with Crippen LogP contribution in [-0.4, -0.2) is 36.1 Å². The quantitative estimate of drug-likeness (QED) is 0.759. The highest BCUT2D eigenvalue weighted by atomic mass is 15.2. The number of nitrogens with zero attached hydrogens (tertiary/aromatic N) is 2. The van der Waals surface area contributed by atoms with Gasteiger partial charge < -0.3 is 16.0 Å². The number of hydrogen-bond acceptors (Lipinski definition) is 4. The van der Waals surface area contributed by atoms with Gasteiger partial charge in [-0.05, 0) is 32.0 Å². The van der Waals surface area contributed by atoms with Gasteiger partial charge in [-0.25, -0.2) is 4.98 Å². The summed E-state index contributed by atoms with van der Waals surface area (Å²) >= 11 is 0. The molecule has 1 aliphatic carbocycles. The molecule has 0 saturated heterocycles. The third-order valence-electron chi connectivity index (χ3n) is 2.77. The number of likely N-dealkylation sites (N-methyl/N-ethyl adjacent to an activating group) is 1. The lowest BCUT2D eigenvalue weighted by molar-refractivity contribution is 0.337. The fourth-order valence-electron chi connectivity index (χ4n) is 1.61. The number of rotatable bonds is 5. The van der Waals surface area contributed by atoms with E-state index in [1.807, 2.05) is 12.1 Å². The summed E-state index contributed by atoms with van der Waals surface area (Å²) in [4.78, 5) is 6.56. The molecule has 15 heavy (non-hydrogen) atoms. The van der Waals surface area contributed by atoms with Crippen LogP contribution < -0.4 is 11.1 Å². The van der Waals surface area contributed by atoms with Gasteiger partial charge in [0.2, 0.25) is 0 Å². The number of anilines is 2. The zero-order chi connectivity index (χ0) is 10.7. The zero-order valence-electron chi connectivity index (χ0n) is 9.11. The van der Waals surface area contributed by atoms with Crippen LogP contribution in [0.2, 0.25) is 0 Å². The van der Waals surface area contributed by atoms with Crippen LogP contribution in [0.1, 0.15) is 12.8 Å². The third kappa shape index (κ3) is 2.83. The Labute approximate surface area is 90.5 Å². The summed E-state index contributed by atoms with van der Waals surface area (Å²) < 4.78 is 0. The minimum Gasteiger partial charge on any atom is -0.396 e. The Balaban J connectivity index is 1.75. The molecule has 1 aliphatic rings. The second-order valence-electron chi connectivity index (χ2n) is 4.08. The van der Waals surface area contributed by atoms with Gasteiger partial charge in [-0.15, -0.1) is 0 Å². The van der Waals surface area contributed by atoms with Crippen LogP contribution in [0.5, 0.6) is 0 Å². The van der Waals surface area contributed by atoms with E-state index in [2.05, 4.69) is 22.2 Å². The van der Waals surface area contributed by atoms with Gasteiger partial charge in [0, 0.05) is 25.3 Å². The van der Waals surface area contributed by atoms with Crippen LogP contribution in [0.15, 0.2) is 18.3 Å². The number of nitrogens with two attached hydrogens (primary N) is 1. The van der Waals surface area contributed by atoms with Crippen molar-refractivity contribution in [3.63, 3.8) is 0 Å². The number of aromatic nitrogens is 1. The van der Waals surface area contributed by atoms with E-state index in [-0.39, 0.29) is 0 Å². The van der Waals surface area contributed by atoms with Crippen molar-refractivity contribution < 1.29 is 0 Å². The largest absolute Gasteiger partial charge is 0.396 e. The topological polar surface area (TPSA) is 54.2 Å². The van der Waals surface area contributed by atoms with Crippen molar-refractivity contribution >= 4 is 11.5 Å². The van der Waals surface area contributed by atoms with Crippen LogP contribution in [0.3, 0.4) is 0 Å². The molecule has 1 aromatic heterocycles. The molecule has 0 aromatic carbocycles. The monoisotopic (exact) mass is 206 g/mol. The van der Waals surface area contributed by atoms with E-state index < -0.39 is 0 Å². The number of nitrogen functional groups attached to an aromatic ring is 1. The van der Waals surface area contributed by atoms with Gasteiger partial charge in [-0.3, -0.25) is 0 Å². The van der Waals surface area contributed by atoms with Crippen LogP contribution in [-0.2, 0) is 0 Å². The molecule has 1 fully saturated rings. The van der Waals surface area contributed by atoms with Gasteiger partial charge in [-0.1, -0.05) is 0 Å². The molecule has 2 rings (SSSR count). The Kier molecular flexibility index (Phi) is 3.06. The second kappa shape index (κ2) is 4.49. The van der Waals surface area contributed by atoms with Gasteiger partial charge in [0.15, 0.2) is 0 Å². The van der Waals surface area contributed by atoms with Crippen LogP contribution >= 0.6 is 0 Å². The molecule has 0 amide bonds. The SMILES string of the molecule is CN(CCNc1ncccc1N)C1CC1. The molecule has 4 heteroatoms. The highest BCUT2D eigenvalue weighted by Crippen LogP contribution is 2.24. The Morgan fingerprint density at radius 3 is 3.07 bits per heavy atom. The smallest absolute Gasteiger partial charge is 0.149 e. The first kappa shape index (κ1) is 10.2. The summed E-state index contributed by atoms with van der Waals surface area (Å²) in [6.45, 7) is 1.94. The first-order valence-electron chi connectivity index (χ1n) is 5.42. The Morgan fingerprint density at radius 1 is 1.60 bits per heavy atom. The van der Waals surface area contributed by atoms with Crippen LogP contribution in [0.4, 0.5) is 11.5 Å². The molecular weight excluding hydrogens is 188 g/mol. The van der Waals surface area contributed by atoms with Gasteiger partial charge in [-0.2, -0.15) is 0 Å². The average molecular weight is 206 g/mol. The van der Waals surface area contributed by atoms with Crippen molar-refractivity contribution in [3.05, 3.63) is 18.3 Å². The zero-order valence-corrected chi connectivity index (χ0v) is 9.11. The summed E-state index contributed by atoms with van der Waals surface area (Å²) in [5.41, 5.74) is 6.49. The fraction of sp³-hybridized carbons (Fsp3) is 0.545. The van der Waals surface area contributed by atoms with Gasteiger partial charge in [0.1, 0.15) is 5.82 Å². The summed E-state index contributed by atoms with van der Waals surface area (Å²) in [6, 6.07) is 4.52.